The van der Waals surface area contributed by atoms with E-state index in [0.717, 1.165) is 61.8 Å². The highest BCUT2D eigenvalue weighted by Gasteiger charge is 2.58. The van der Waals surface area contributed by atoms with E-state index >= 15 is 0 Å². The Bertz CT molecular complexity index is 1090. The van der Waals surface area contributed by atoms with Gasteiger partial charge in [-0.05, 0) is 151 Å². The maximum absolute atomic E-state index is 13.6. The number of rotatable bonds is 9. The van der Waals surface area contributed by atoms with E-state index in [0.29, 0.717) is 28.8 Å². The van der Waals surface area contributed by atoms with E-state index < -0.39 is 0 Å². The first kappa shape index (κ1) is 31.6. The van der Waals surface area contributed by atoms with Gasteiger partial charge in [-0.25, -0.2) is 0 Å². The Labute approximate surface area is 265 Å². The van der Waals surface area contributed by atoms with Gasteiger partial charge in [0.05, 0.1) is 0 Å². The van der Waals surface area contributed by atoms with Crippen LogP contribution in [0.5, 0.6) is 0 Å². The van der Waals surface area contributed by atoms with Crippen molar-refractivity contribution >= 4 is 5.91 Å². The van der Waals surface area contributed by atoms with Crippen molar-refractivity contribution in [1.29, 1.82) is 0 Å². The van der Waals surface area contributed by atoms with E-state index in [9.17, 15) is 4.79 Å². The SMILES string of the molecule is C=C1C=C2CC[C@H]3C4CC[C@H](/C(C)=C/CCCC(=O)N(CCC5C(C)CCN5C)C5CCCC5)[C@@]4(C)CC[C@@H]3[C@@]2(C)CC1. The molecule has 0 spiro atoms. The lowest BCUT2D eigenvalue weighted by Crippen LogP contribution is -2.50. The summed E-state index contributed by atoms with van der Waals surface area (Å²) in [5.74, 6) is 4.62. The predicted molar refractivity (Wildman–Crippen MR) is 181 cm³/mol. The Morgan fingerprint density at radius 3 is 2.58 bits per heavy atom. The molecule has 0 N–H and O–H groups in total. The first-order valence-corrected chi connectivity index (χ1v) is 18.7. The van der Waals surface area contributed by atoms with E-state index in [2.05, 4.69) is 63.3 Å². The second-order valence-electron chi connectivity index (χ2n) is 16.8. The van der Waals surface area contributed by atoms with Crippen molar-refractivity contribution in [1.82, 2.24) is 9.80 Å². The minimum Gasteiger partial charge on any atom is -0.340 e. The number of nitrogens with zero attached hydrogens (tertiary/aromatic N) is 2. The fourth-order valence-corrected chi connectivity index (χ4v) is 12.0. The fourth-order valence-electron chi connectivity index (χ4n) is 12.0. The molecule has 3 heteroatoms. The third-order valence-corrected chi connectivity index (χ3v) is 14.6. The van der Waals surface area contributed by atoms with Crippen LogP contribution in [0.15, 0.2) is 35.5 Å². The van der Waals surface area contributed by atoms with Gasteiger partial charge in [-0.1, -0.05) is 69.1 Å². The molecule has 0 bridgehead atoms. The topological polar surface area (TPSA) is 23.6 Å². The summed E-state index contributed by atoms with van der Waals surface area (Å²) >= 11 is 0. The van der Waals surface area contributed by atoms with Gasteiger partial charge < -0.3 is 9.80 Å². The van der Waals surface area contributed by atoms with Gasteiger partial charge in [0.1, 0.15) is 0 Å². The zero-order valence-electron chi connectivity index (χ0n) is 28.6. The maximum atomic E-state index is 13.6. The second kappa shape index (κ2) is 12.8. The van der Waals surface area contributed by atoms with E-state index in [1.165, 1.54) is 95.6 Å². The number of hydrogen-bond acceptors (Lipinski definition) is 2. The van der Waals surface area contributed by atoms with Gasteiger partial charge in [0, 0.05) is 25.0 Å². The van der Waals surface area contributed by atoms with Crippen LogP contribution in [-0.2, 0) is 4.79 Å². The highest BCUT2D eigenvalue weighted by Crippen LogP contribution is 2.67. The Morgan fingerprint density at radius 2 is 1.84 bits per heavy atom. The van der Waals surface area contributed by atoms with Crippen LogP contribution in [0.25, 0.3) is 0 Å². The lowest BCUT2D eigenvalue weighted by atomic mass is 9.46. The molecule has 5 aliphatic carbocycles. The molecule has 0 radical (unpaired) electrons. The normalized spacial score (nSPS) is 40.3. The highest BCUT2D eigenvalue weighted by molar-refractivity contribution is 5.76. The van der Waals surface area contributed by atoms with Crippen LogP contribution < -0.4 is 0 Å². The molecule has 3 unspecified atom stereocenters. The second-order valence-corrected chi connectivity index (χ2v) is 16.8. The van der Waals surface area contributed by atoms with Crippen molar-refractivity contribution in [2.75, 3.05) is 20.1 Å². The quantitative estimate of drug-likeness (QED) is 0.198. The van der Waals surface area contributed by atoms with Gasteiger partial charge >= 0.3 is 0 Å². The largest absolute Gasteiger partial charge is 0.340 e. The van der Waals surface area contributed by atoms with E-state index in [4.69, 9.17) is 0 Å². The molecule has 6 rings (SSSR count). The van der Waals surface area contributed by atoms with E-state index in [-0.39, 0.29) is 0 Å². The van der Waals surface area contributed by atoms with Crippen molar-refractivity contribution in [2.45, 2.75) is 149 Å². The zero-order valence-corrected chi connectivity index (χ0v) is 28.6. The van der Waals surface area contributed by atoms with Crippen molar-refractivity contribution < 1.29 is 4.79 Å². The molecule has 0 aromatic carbocycles. The summed E-state index contributed by atoms with van der Waals surface area (Å²) in [5.41, 5.74) is 5.64. The molecule has 4 saturated carbocycles. The summed E-state index contributed by atoms with van der Waals surface area (Å²) in [7, 11) is 2.28. The number of likely N-dealkylation sites (tertiary alicyclic amines) is 1. The Kier molecular flexibility index (Phi) is 9.42. The monoisotopic (exact) mass is 589 g/mol. The molecule has 6 aliphatic rings. The molecule has 1 saturated heterocycles. The number of amides is 1. The molecule has 3 nitrogen and oxygen atoms in total. The molecule has 5 fully saturated rings. The molecular formula is C40H64N2O. The summed E-state index contributed by atoms with van der Waals surface area (Å²) < 4.78 is 0. The van der Waals surface area contributed by atoms with Crippen molar-refractivity contribution in [3.8, 4) is 0 Å². The van der Waals surface area contributed by atoms with Crippen LogP contribution in [0.2, 0.25) is 0 Å². The lowest BCUT2D eigenvalue weighted by molar-refractivity contribution is -0.133. The fraction of sp³-hybridized carbons (Fsp3) is 0.825. The summed E-state index contributed by atoms with van der Waals surface area (Å²) in [6.07, 6.45) is 26.2. The Balaban J connectivity index is 1.04. The van der Waals surface area contributed by atoms with Crippen LogP contribution in [0.1, 0.15) is 137 Å². The third kappa shape index (κ3) is 5.99. The van der Waals surface area contributed by atoms with Crippen LogP contribution >= 0.6 is 0 Å². The lowest BCUT2D eigenvalue weighted by Gasteiger charge is -2.58. The van der Waals surface area contributed by atoms with Crippen LogP contribution in [0.3, 0.4) is 0 Å². The van der Waals surface area contributed by atoms with Crippen LogP contribution in [-0.4, -0.2) is 47.9 Å². The first-order chi connectivity index (χ1) is 20.6. The summed E-state index contributed by atoms with van der Waals surface area (Å²) in [5, 5.41) is 0. The number of fused-ring (bicyclic) bond motifs is 5. The molecule has 1 aliphatic heterocycles. The van der Waals surface area contributed by atoms with E-state index in [1.54, 1.807) is 11.1 Å². The maximum Gasteiger partial charge on any atom is 0.222 e. The Morgan fingerprint density at radius 1 is 1.05 bits per heavy atom. The molecule has 1 heterocycles. The van der Waals surface area contributed by atoms with Crippen molar-refractivity contribution in [3.63, 3.8) is 0 Å². The molecule has 1 amide bonds. The summed E-state index contributed by atoms with van der Waals surface area (Å²) in [4.78, 5) is 18.5. The molecule has 240 valence electrons. The molecule has 43 heavy (non-hydrogen) atoms. The van der Waals surface area contributed by atoms with Crippen LogP contribution in [0, 0.1) is 40.4 Å². The zero-order chi connectivity index (χ0) is 30.4. The smallest absolute Gasteiger partial charge is 0.222 e. The van der Waals surface area contributed by atoms with Crippen molar-refractivity contribution in [3.05, 3.63) is 35.5 Å². The number of carbonyl (C=O) groups is 1. The minimum atomic E-state index is 0.429. The van der Waals surface area contributed by atoms with Crippen molar-refractivity contribution in [2.24, 2.45) is 40.4 Å². The molecule has 0 aromatic heterocycles. The number of hydrogen-bond donors (Lipinski definition) is 0. The van der Waals surface area contributed by atoms with Gasteiger partial charge in [0.25, 0.3) is 0 Å². The molecular weight excluding hydrogens is 524 g/mol. The standard InChI is InChI=1S/C40H64N2O/c1-28-19-23-39(4)31(27-28)15-16-33-35-18-17-34(40(35,5)24-20-36(33)39)29(2)11-7-10-14-38(43)42(32-12-8-9-13-32)26-22-37-30(3)21-25-41(37)6/h11,27,30,32-37H,1,7-10,12-26H2,2-6H3/b29-11+/t30?,33-,34+,35?,36-,37?,39-,40+/m0/s1. The van der Waals surface area contributed by atoms with Gasteiger partial charge in [0.15, 0.2) is 0 Å². The number of allylic oxidation sites excluding steroid dienone is 5. The number of unbranched alkanes of at least 4 members (excludes halogenated alkanes) is 1. The summed E-state index contributed by atoms with van der Waals surface area (Å²) in [6.45, 7) is 16.6. The minimum absolute atomic E-state index is 0.429. The van der Waals surface area contributed by atoms with Gasteiger partial charge in [-0.15, -0.1) is 0 Å². The molecule has 0 aromatic rings. The molecule has 8 atom stereocenters. The Hall–Kier alpha value is -1.35. The van der Waals surface area contributed by atoms with Gasteiger partial charge in [-0.2, -0.15) is 0 Å². The third-order valence-electron chi connectivity index (χ3n) is 14.6. The highest BCUT2D eigenvalue weighted by atomic mass is 16.2. The predicted octanol–water partition coefficient (Wildman–Crippen LogP) is 9.74. The first-order valence-electron chi connectivity index (χ1n) is 18.7. The number of carbonyl (C=O) groups excluding carboxylic acids is 1. The van der Waals surface area contributed by atoms with Crippen LogP contribution in [0.4, 0.5) is 0 Å². The average Bonchev–Trinajstić information content (AvgIpc) is 3.71. The van der Waals surface area contributed by atoms with Gasteiger partial charge in [0.2, 0.25) is 5.91 Å². The van der Waals surface area contributed by atoms with E-state index in [1.807, 2.05) is 0 Å². The average molecular weight is 589 g/mol. The summed E-state index contributed by atoms with van der Waals surface area (Å²) in [6, 6.07) is 1.14. The van der Waals surface area contributed by atoms with Gasteiger partial charge in [-0.3, -0.25) is 4.79 Å².